The minimum atomic E-state index is -1.41. The second kappa shape index (κ2) is 7.75. The Hall–Kier alpha value is -1.51. The molecule has 186 valence electrons. The van der Waals surface area contributed by atoms with E-state index in [1.54, 1.807) is 14.0 Å². The molecule has 33 heavy (non-hydrogen) atoms. The molecule has 0 N–H and O–H groups in total. The number of methoxy groups -OCH3 is 1. The zero-order valence-corrected chi connectivity index (χ0v) is 20.9. The zero-order valence-electron chi connectivity index (χ0n) is 20.9. The highest BCUT2D eigenvalue weighted by Crippen LogP contribution is 2.69. The fourth-order valence-corrected chi connectivity index (χ4v) is 7.66. The van der Waals surface area contributed by atoms with Gasteiger partial charge in [0.1, 0.15) is 11.7 Å². The molecule has 0 aromatic carbocycles. The van der Waals surface area contributed by atoms with E-state index in [9.17, 15) is 14.4 Å². The van der Waals surface area contributed by atoms with Crippen molar-refractivity contribution in [2.24, 2.45) is 16.7 Å². The number of ketones is 1. The maximum absolute atomic E-state index is 13.8. The van der Waals surface area contributed by atoms with Gasteiger partial charge in [0.15, 0.2) is 17.7 Å². The van der Waals surface area contributed by atoms with E-state index >= 15 is 0 Å². The first-order valence-electron chi connectivity index (χ1n) is 12.0. The van der Waals surface area contributed by atoms with Crippen LogP contribution in [0.5, 0.6) is 0 Å². The normalized spacial score (nSPS) is 46.4. The van der Waals surface area contributed by atoms with Gasteiger partial charge in [-0.3, -0.25) is 14.4 Å². The molecule has 2 heterocycles. The molecule has 4 rings (SSSR count). The Labute approximate surface area is 196 Å². The second-order valence-corrected chi connectivity index (χ2v) is 11.5. The van der Waals surface area contributed by atoms with E-state index in [2.05, 4.69) is 20.8 Å². The highest BCUT2D eigenvalue weighted by molar-refractivity contribution is 5.92. The standard InChI is InChI=1S/C25H38O8/c1-15(26)31-19-8-9-22(5)17(21(19,3)4)12-18(28)23(6,32-16(2)27)25(22)11-10-24(33-25)13-20(29-7)30-14-24/h17,19-20H,8-14H2,1-7H3/t17-,19+,20-,22-,23-,24-,25-/m0/s1. The maximum Gasteiger partial charge on any atom is 0.303 e. The van der Waals surface area contributed by atoms with Gasteiger partial charge in [-0.05, 0) is 38.5 Å². The summed E-state index contributed by atoms with van der Waals surface area (Å²) in [6.45, 7) is 11.2. The third kappa shape index (κ3) is 3.39. The van der Waals surface area contributed by atoms with Gasteiger partial charge < -0.3 is 23.7 Å². The van der Waals surface area contributed by atoms with Gasteiger partial charge in [-0.1, -0.05) is 20.8 Å². The molecule has 2 saturated heterocycles. The lowest BCUT2D eigenvalue weighted by molar-refractivity contribution is -0.294. The highest BCUT2D eigenvalue weighted by Gasteiger charge is 2.77. The molecule has 8 nitrogen and oxygen atoms in total. The van der Waals surface area contributed by atoms with E-state index in [1.165, 1.54) is 13.8 Å². The first-order valence-corrected chi connectivity index (χ1v) is 12.0. The van der Waals surface area contributed by atoms with E-state index < -0.39 is 33.6 Å². The largest absolute Gasteiger partial charge is 0.462 e. The van der Waals surface area contributed by atoms with Crippen molar-refractivity contribution in [3.63, 3.8) is 0 Å². The Morgan fingerprint density at radius 1 is 1.03 bits per heavy atom. The molecule has 2 saturated carbocycles. The van der Waals surface area contributed by atoms with Crippen LogP contribution in [0.2, 0.25) is 0 Å². The number of rotatable bonds is 3. The Morgan fingerprint density at radius 2 is 1.73 bits per heavy atom. The first-order chi connectivity index (χ1) is 15.3. The molecule has 2 spiro atoms. The van der Waals surface area contributed by atoms with Crippen molar-refractivity contribution in [1.29, 1.82) is 0 Å². The number of carbonyl (C=O) groups is 3. The van der Waals surface area contributed by atoms with E-state index in [-0.39, 0.29) is 36.5 Å². The van der Waals surface area contributed by atoms with Crippen LogP contribution in [0.15, 0.2) is 0 Å². The van der Waals surface area contributed by atoms with Crippen molar-refractivity contribution in [3.8, 4) is 0 Å². The molecule has 2 aliphatic heterocycles. The molecule has 4 aliphatic rings. The Balaban J connectivity index is 1.81. The molecule has 0 radical (unpaired) electrons. The number of fused-ring (bicyclic) bond motifs is 2. The van der Waals surface area contributed by atoms with E-state index in [0.29, 0.717) is 38.7 Å². The van der Waals surface area contributed by atoms with Gasteiger partial charge in [0.25, 0.3) is 0 Å². The number of hydrogen-bond acceptors (Lipinski definition) is 8. The van der Waals surface area contributed by atoms with Crippen molar-refractivity contribution >= 4 is 17.7 Å². The average molecular weight is 467 g/mol. The number of hydrogen-bond donors (Lipinski definition) is 0. The monoisotopic (exact) mass is 466 g/mol. The minimum absolute atomic E-state index is 0.116. The van der Waals surface area contributed by atoms with Crippen LogP contribution in [-0.2, 0) is 38.1 Å². The quantitative estimate of drug-likeness (QED) is 0.584. The molecule has 2 aliphatic carbocycles. The summed E-state index contributed by atoms with van der Waals surface area (Å²) in [4.78, 5) is 37.9. The predicted molar refractivity (Wildman–Crippen MR) is 117 cm³/mol. The van der Waals surface area contributed by atoms with Gasteiger partial charge in [0.05, 0.1) is 12.2 Å². The molecular weight excluding hydrogens is 428 g/mol. The van der Waals surface area contributed by atoms with Crippen LogP contribution in [0.25, 0.3) is 0 Å². The van der Waals surface area contributed by atoms with E-state index in [4.69, 9.17) is 23.7 Å². The molecule has 8 heteroatoms. The van der Waals surface area contributed by atoms with Crippen LogP contribution in [-0.4, -0.2) is 60.6 Å². The zero-order chi connectivity index (χ0) is 24.4. The van der Waals surface area contributed by atoms with Crippen LogP contribution in [0.4, 0.5) is 0 Å². The van der Waals surface area contributed by atoms with Crippen LogP contribution in [0.3, 0.4) is 0 Å². The third-order valence-electron chi connectivity index (χ3n) is 9.35. The fraction of sp³-hybridized carbons (Fsp3) is 0.880. The molecule has 0 aromatic rings. The average Bonchev–Trinajstić information content (AvgIpc) is 3.31. The topological polar surface area (TPSA) is 97.4 Å². The number of ether oxygens (including phenoxy) is 5. The summed E-state index contributed by atoms with van der Waals surface area (Å²) in [5.41, 5.74) is -3.97. The number of carbonyl (C=O) groups excluding carboxylic acids is 3. The van der Waals surface area contributed by atoms with Gasteiger partial charge in [-0.25, -0.2) is 0 Å². The fourth-order valence-electron chi connectivity index (χ4n) is 7.66. The Morgan fingerprint density at radius 3 is 2.30 bits per heavy atom. The van der Waals surface area contributed by atoms with Gasteiger partial charge in [-0.2, -0.15) is 0 Å². The molecule has 7 atom stereocenters. The SMILES string of the molecule is CO[C@@H]1C[C@@]2(CC[C@@]3(O2)[C@@](C)(OC(C)=O)C(=O)C[C@H]2C(C)(C)[C@H](OC(C)=O)CC[C@@]23C)CO1. The van der Waals surface area contributed by atoms with Crippen LogP contribution < -0.4 is 0 Å². The molecule has 4 fully saturated rings. The number of Topliss-reactive ketones (excluding diaryl/α,β-unsaturated/α-hetero) is 1. The first kappa shape index (κ1) is 24.6. The highest BCUT2D eigenvalue weighted by atomic mass is 16.7. The summed E-state index contributed by atoms with van der Waals surface area (Å²) in [7, 11) is 1.61. The van der Waals surface area contributed by atoms with Crippen LogP contribution >= 0.6 is 0 Å². The van der Waals surface area contributed by atoms with Crippen molar-refractivity contribution < 1.29 is 38.1 Å². The summed E-state index contributed by atoms with van der Waals surface area (Å²) >= 11 is 0. The van der Waals surface area contributed by atoms with Gasteiger partial charge in [0, 0.05) is 44.6 Å². The summed E-state index contributed by atoms with van der Waals surface area (Å²) < 4.78 is 29.9. The molecule has 0 aromatic heterocycles. The molecular formula is C25H38O8. The van der Waals surface area contributed by atoms with Crippen molar-refractivity contribution in [3.05, 3.63) is 0 Å². The smallest absolute Gasteiger partial charge is 0.303 e. The second-order valence-electron chi connectivity index (χ2n) is 11.5. The van der Waals surface area contributed by atoms with Crippen LogP contribution in [0.1, 0.15) is 80.1 Å². The minimum Gasteiger partial charge on any atom is -0.462 e. The predicted octanol–water partition coefficient (Wildman–Crippen LogP) is 3.34. The van der Waals surface area contributed by atoms with E-state index in [0.717, 1.165) is 0 Å². The van der Waals surface area contributed by atoms with Crippen molar-refractivity contribution in [2.45, 2.75) is 109 Å². The van der Waals surface area contributed by atoms with Gasteiger partial charge in [0.2, 0.25) is 0 Å². The Bertz CT molecular complexity index is 853. The molecule has 0 amide bonds. The Kier molecular flexibility index (Phi) is 5.78. The third-order valence-corrected chi connectivity index (χ3v) is 9.35. The lowest BCUT2D eigenvalue weighted by Crippen LogP contribution is -2.75. The van der Waals surface area contributed by atoms with Gasteiger partial charge >= 0.3 is 11.9 Å². The lowest BCUT2D eigenvalue weighted by Gasteiger charge is -2.66. The molecule has 0 unspecified atom stereocenters. The summed E-state index contributed by atoms with van der Waals surface area (Å²) in [5, 5.41) is 0. The number of esters is 2. The van der Waals surface area contributed by atoms with Crippen molar-refractivity contribution in [1.82, 2.24) is 0 Å². The molecule has 0 bridgehead atoms. The maximum atomic E-state index is 13.8. The summed E-state index contributed by atoms with van der Waals surface area (Å²) in [6.07, 6.45) is 2.75. The van der Waals surface area contributed by atoms with E-state index in [1.807, 2.05) is 0 Å². The van der Waals surface area contributed by atoms with Gasteiger partial charge in [-0.15, -0.1) is 0 Å². The summed E-state index contributed by atoms with van der Waals surface area (Å²) in [6, 6.07) is 0. The van der Waals surface area contributed by atoms with Crippen molar-refractivity contribution in [2.75, 3.05) is 13.7 Å². The lowest BCUT2D eigenvalue weighted by atomic mass is 9.42. The summed E-state index contributed by atoms with van der Waals surface area (Å²) in [5.74, 6) is -1.07. The van der Waals surface area contributed by atoms with Crippen LogP contribution in [0, 0.1) is 16.7 Å².